The molecule has 8 heteroatoms. The van der Waals surface area contributed by atoms with Crippen molar-refractivity contribution in [2.75, 3.05) is 0 Å². The number of amidine groups is 1. The molecule has 0 radical (unpaired) electrons. The van der Waals surface area contributed by atoms with Crippen molar-refractivity contribution >= 4 is 27.5 Å². The molecule has 0 aromatic heterocycles. The van der Waals surface area contributed by atoms with Gasteiger partial charge in [-0.05, 0) is 18.6 Å². The molecule has 0 saturated heterocycles. The number of hydrogen-bond donors (Lipinski definition) is 3. The molecule has 0 heterocycles. The number of sulfonamides is 1. The standard InChI is InChI=1S/C10H14ClN3O3S/c1-2-8(10(12)13-15)14-18(16,17)9-6-4-3-5-7(9)11/h3-6,8,14-15H,2H2,1H3,(H2,12,13). The third kappa shape index (κ3) is 3.34. The van der Waals surface area contributed by atoms with Gasteiger partial charge < -0.3 is 10.9 Å². The Labute approximate surface area is 110 Å². The Morgan fingerprint density at radius 2 is 2.17 bits per heavy atom. The molecule has 4 N–H and O–H groups in total. The molecule has 1 atom stereocenters. The van der Waals surface area contributed by atoms with Gasteiger partial charge in [0.2, 0.25) is 10.0 Å². The summed E-state index contributed by atoms with van der Waals surface area (Å²) in [5, 5.41) is 11.5. The van der Waals surface area contributed by atoms with Crippen molar-refractivity contribution in [2.45, 2.75) is 24.3 Å². The summed E-state index contributed by atoms with van der Waals surface area (Å²) in [7, 11) is -3.81. The minimum absolute atomic E-state index is 0.0455. The monoisotopic (exact) mass is 291 g/mol. The second-order valence-corrected chi connectivity index (χ2v) is 5.63. The van der Waals surface area contributed by atoms with Crippen LogP contribution in [0.5, 0.6) is 0 Å². The molecular weight excluding hydrogens is 278 g/mol. The minimum Gasteiger partial charge on any atom is -0.409 e. The number of oxime groups is 1. The maximum Gasteiger partial charge on any atom is 0.242 e. The average molecular weight is 292 g/mol. The lowest BCUT2D eigenvalue weighted by Crippen LogP contribution is -2.44. The zero-order valence-electron chi connectivity index (χ0n) is 9.67. The van der Waals surface area contributed by atoms with E-state index in [2.05, 4.69) is 9.88 Å². The van der Waals surface area contributed by atoms with Crippen LogP contribution in [0.4, 0.5) is 0 Å². The number of nitrogens with zero attached hydrogens (tertiary/aromatic N) is 1. The van der Waals surface area contributed by atoms with Crippen LogP contribution < -0.4 is 10.5 Å². The molecule has 0 aliphatic rings. The van der Waals surface area contributed by atoms with Gasteiger partial charge >= 0.3 is 0 Å². The van der Waals surface area contributed by atoms with Crippen LogP contribution in [0.25, 0.3) is 0 Å². The first-order valence-electron chi connectivity index (χ1n) is 5.16. The first kappa shape index (κ1) is 14.7. The molecule has 0 amide bonds. The largest absolute Gasteiger partial charge is 0.409 e. The van der Waals surface area contributed by atoms with E-state index in [9.17, 15) is 8.42 Å². The fraction of sp³-hybridized carbons (Fsp3) is 0.300. The summed E-state index contributed by atoms with van der Waals surface area (Å²) in [6.07, 6.45) is 0.347. The average Bonchev–Trinajstić information content (AvgIpc) is 2.35. The van der Waals surface area contributed by atoms with E-state index >= 15 is 0 Å². The van der Waals surface area contributed by atoms with Crippen molar-refractivity contribution in [3.05, 3.63) is 29.3 Å². The number of halogens is 1. The Balaban J connectivity index is 3.06. The van der Waals surface area contributed by atoms with Crippen LogP contribution in [-0.4, -0.2) is 25.5 Å². The minimum atomic E-state index is -3.81. The highest BCUT2D eigenvalue weighted by Gasteiger charge is 2.23. The van der Waals surface area contributed by atoms with E-state index in [4.69, 9.17) is 22.5 Å². The van der Waals surface area contributed by atoms with Gasteiger partial charge in [-0.1, -0.05) is 35.8 Å². The maximum absolute atomic E-state index is 12.1. The van der Waals surface area contributed by atoms with Crippen LogP contribution in [-0.2, 0) is 10.0 Å². The van der Waals surface area contributed by atoms with E-state index in [0.29, 0.717) is 6.42 Å². The van der Waals surface area contributed by atoms with Gasteiger partial charge in [0.25, 0.3) is 0 Å². The van der Waals surface area contributed by atoms with Crippen LogP contribution in [0.2, 0.25) is 5.02 Å². The second kappa shape index (κ2) is 6.03. The normalized spacial score (nSPS) is 14.4. The van der Waals surface area contributed by atoms with Crippen molar-refractivity contribution < 1.29 is 13.6 Å². The van der Waals surface area contributed by atoms with Crippen molar-refractivity contribution in [3.8, 4) is 0 Å². The maximum atomic E-state index is 12.1. The number of hydrogen-bond acceptors (Lipinski definition) is 4. The smallest absolute Gasteiger partial charge is 0.242 e. The molecule has 1 rings (SSSR count). The third-order valence-electron chi connectivity index (χ3n) is 2.30. The molecule has 0 spiro atoms. The first-order valence-corrected chi connectivity index (χ1v) is 7.02. The van der Waals surface area contributed by atoms with Crippen LogP contribution in [0.1, 0.15) is 13.3 Å². The molecule has 1 aromatic rings. The van der Waals surface area contributed by atoms with E-state index in [1.807, 2.05) is 0 Å². The van der Waals surface area contributed by atoms with Gasteiger partial charge in [0.05, 0.1) is 11.1 Å². The molecule has 6 nitrogen and oxygen atoms in total. The van der Waals surface area contributed by atoms with Gasteiger partial charge in [0, 0.05) is 0 Å². The van der Waals surface area contributed by atoms with E-state index < -0.39 is 16.1 Å². The molecular formula is C10H14ClN3O3S. The molecule has 0 aliphatic heterocycles. The molecule has 0 saturated carbocycles. The Morgan fingerprint density at radius 1 is 1.56 bits per heavy atom. The van der Waals surface area contributed by atoms with Crippen LogP contribution in [0.3, 0.4) is 0 Å². The summed E-state index contributed by atoms with van der Waals surface area (Å²) in [5.41, 5.74) is 5.39. The summed E-state index contributed by atoms with van der Waals surface area (Å²) >= 11 is 5.82. The predicted molar refractivity (Wildman–Crippen MR) is 69.3 cm³/mol. The van der Waals surface area contributed by atoms with Gasteiger partial charge in [-0.15, -0.1) is 0 Å². The highest BCUT2D eigenvalue weighted by atomic mass is 35.5. The topological polar surface area (TPSA) is 105 Å². The van der Waals surface area contributed by atoms with Crippen molar-refractivity contribution in [1.82, 2.24) is 4.72 Å². The second-order valence-electron chi connectivity index (χ2n) is 3.54. The fourth-order valence-corrected chi connectivity index (χ4v) is 3.15. The van der Waals surface area contributed by atoms with Crippen LogP contribution in [0, 0.1) is 0 Å². The van der Waals surface area contributed by atoms with Gasteiger partial charge in [-0.25, -0.2) is 13.1 Å². The number of nitrogens with two attached hydrogens (primary N) is 1. The van der Waals surface area contributed by atoms with E-state index in [0.717, 1.165) is 0 Å². The van der Waals surface area contributed by atoms with Crippen molar-refractivity contribution in [2.24, 2.45) is 10.9 Å². The van der Waals surface area contributed by atoms with Gasteiger partial charge in [-0.3, -0.25) is 0 Å². The quantitative estimate of drug-likeness (QED) is 0.327. The number of rotatable bonds is 5. The highest BCUT2D eigenvalue weighted by molar-refractivity contribution is 7.89. The fourth-order valence-electron chi connectivity index (χ4n) is 1.34. The Hall–Kier alpha value is -1.31. The lowest BCUT2D eigenvalue weighted by atomic mass is 10.2. The number of nitrogens with one attached hydrogen (secondary N) is 1. The lowest BCUT2D eigenvalue weighted by molar-refractivity contribution is 0.315. The molecule has 0 aliphatic carbocycles. The third-order valence-corrected chi connectivity index (χ3v) is 4.28. The van der Waals surface area contributed by atoms with Crippen molar-refractivity contribution in [3.63, 3.8) is 0 Å². The zero-order chi connectivity index (χ0) is 13.8. The predicted octanol–water partition coefficient (Wildman–Crippen LogP) is 1.14. The zero-order valence-corrected chi connectivity index (χ0v) is 11.2. The number of benzene rings is 1. The van der Waals surface area contributed by atoms with Gasteiger partial charge in [-0.2, -0.15) is 0 Å². The summed E-state index contributed by atoms with van der Waals surface area (Å²) in [6.45, 7) is 1.71. The molecule has 1 unspecified atom stereocenters. The Bertz CT molecular complexity index is 545. The Kier molecular flexibility index (Phi) is 4.94. The molecule has 18 heavy (non-hydrogen) atoms. The van der Waals surface area contributed by atoms with E-state index in [-0.39, 0.29) is 15.8 Å². The van der Waals surface area contributed by atoms with Crippen molar-refractivity contribution in [1.29, 1.82) is 0 Å². The van der Waals surface area contributed by atoms with Crippen LogP contribution >= 0.6 is 11.6 Å². The lowest BCUT2D eigenvalue weighted by Gasteiger charge is -2.16. The molecule has 1 aromatic carbocycles. The summed E-state index contributed by atoms with van der Waals surface area (Å²) in [4.78, 5) is -0.0455. The summed E-state index contributed by atoms with van der Waals surface area (Å²) < 4.78 is 26.4. The van der Waals surface area contributed by atoms with Gasteiger partial charge in [0.1, 0.15) is 4.90 Å². The van der Waals surface area contributed by atoms with E-state index in [1.54, 1.807) is 19.1 Å². The van der Waals surface area contributed by atoms with Crippen LogP contribution in [0.15, 0.2) is 34.3 Å². The summed E-state index contributed by atoms with van der Waals surface area (Å²) in [5.74, 6) is -0.201. The molecule has 0 fully saturated rings. The summed E-state index contributed by atoms with van der Waals surface area (Å²) in [6, 6.07) is 5.26. The Morgan fingerprint density at radius 3 is 2.67 bits per heavy atom. The SMILES string of the molecule is CCC(NS(=O)(=O)c1ccccc1Cl)/C(N)=N/O. The van der Waals surface area contributed by atoms with E-state index in [1.165, 1.54) is 12.1 Å². The molecule has 100 valence electrons. The highest BCUT2D eigenvalue weighted by Crippen LogP contribution is 2.20. The molecule has 0 bridgehead atoms. The van der Waals surface area contributed by atoms with Gasteiger partial charge in [0.15, 0.2) is 5.84 Å². The first-order chi connectivity index (χ1) is 8.42.